The fraction of sp³-hybridized carbons (Fsp3) is 0.500. The molecule has 0 aliphatic carbocycles. The minimum atomic E-state index is -0.0961. The van der Waals surface area contributed by atoms with Crippen LogP contribution in [0.2, 0.25) is 0 Å². The van der Waals surface area contributed by atoms with Crippen molar-refractivity contribution in [1.29, 1.82) is 0 Å². The van der Waals surface area contributed by atoms with Crippen LogP contribution in [0.15, 0.2) is 59.6 Å². The number of ether oxygens (including phenoxy) is 1. The van der Waals surface area contributed by atoms with Crippen LogP contribution >= 0.6 is 0 Å². The van der Waals surface area contributed by atoms with Crippen molar-refractivity contribution in [2.24, 2.45) is 4.99 Å². The van der Waals surface area contributed by atoms with Crippen molar-refractivity contribution in [3.8, 4) is 0 Å². The predicted molar refractivity (Wildman–Crippen MR) is 133 cm³/mol. The van der Waals surface area contributed by atoms with Gasteiger partial charge in [0, 0.05) is 51.4 Å². The maximum atomic E-state index is 5.48. The average Bonchev–Trinajstić information content (AvgIpc) is 2.81. The highest BCUT2D eigenvalue weighted by Crippen LogP contribution is 2.16. The van der Waals surface area contributed by atoms with E-state index >= 15 is 0 Å². The molecule has 1 aliphatic rings. The van der Waals surface area contributed by atoms with Gasteiger partial charge in [0.25, 0.3) is 0 Å². The van der Waals surface area contributed by atoms with Crippen LogP contribution in [0, 0.1) is 0 Å². The molecule has 2 aromatic rings. The van der Waals surface area contributed by atoms with Gasteiger partial charge in [-0.3, -0.25) is 9.89 Å². The Bertz CT molecular complexity index is 846. The molecule has 1 fully saturated rings. The lowest BCUT2D eigenvalue weighted by Gasteiger charge is -2.31. The molecule has 0 spiro atoms. The molecule has 0 saturated carbocycles. The van der Waals surface area contributed by atoms with E-state index in [0.717, 1.165) is 51.9 Å². The molecule has 0 amide bonds. The molecule has 1 aliphatic heterocycles. The first-order chi connectivity index (χ1) is 15.5. The summed E-state index contributed by atoms with van der Waals surface area (Å²) in [4.78, 5) is 6.88. The van der Waals surface area contributed by atoms with Gasteiger partial charge in [-0.25, -0.2) is 0 Å². The van der Waals surface area contributed by atoms with E-state index in [0.29, 0.717) is 0 Å². The third-order valence-electron chi connectivity index (χ3n) is 5.89. The largest absolute Gasteiger partial charge is 0.379 e. The van der Waals surface area contributed by atoms with Crippen LogP contribution in [0.1, 0.15) is 43.5 Å². The molecule has 0 bridgehead atoms. The molecule has 174 valence electrons. The first-order valence-corrected chi connectivity index (χ1v) is 11.6. The smallest absolute Gasteiger partial charge is 0.191 e. The summed E-state index contributed by atoms with van der Waals surface area (Å²) in [7, 11) is 1.82. The molecule has 1 atom stereocenters. The number of guanidine groups is 1. The molecule has 32 heavy (non-hydrogen) atoms. The highest BCUT2D eigenvalue weighted by Gasteiger charge is 2.21. The van der Waals surface area contributed by atoms with E-state index in [1.807, 2.05) is 7.05 Å². The van der Waals surface area contributed by atoms with Crippen molar-refractivity contribution in [2.45, 2.75) is 45.4 Å². The quantitative estimate of drug-likeness (QED) is 0.415. The number of nitrogens with zero attached hydrogens (tertiary/aromatic N) is 2. The van der Waals surface area contributed by atoms with Gasteiger partial charge in [0.05, 0.1) is 13.2 Å². The fourth-order valence-electron chi connectivity index (χ4n) is 4.05. The van der Waals surface area contributed by atoms with Gasteiger partial charge in [-0.15, -0.1) is 0 Å². The lowest BCUT2D eigenvalue weighted by molar-refractivity contribution is 0.0341. The average molecular weight is 438 g/mol. The van der Waals surface area contributed by atoms with E-state index in [2.05, 4.69) is 101 Å². The van der Waals surface area contributed by atoms with Crippen molar-refractivity contribution in [3.63, 3.8) is 0 Å². The van der Waals surface area contributed by atoms with Gasteiger partial charge in [0.2, 0.25) is 0 Å². The molecule has 3 N–H and O–H groups in total. The lowest BCUT2D eigenvalue weighted by Crippen LogP contribution is -2.52. The second-order valence-corrected chi connectivity index (χ2v) is 9.10. The van der Waals surface area contributed by atoms with E-state index in [1.165, 1.54) is 16.7 Å². The van der Waals surface area contributed by atoms with E-state index in [1.54, 1.807) is 0 Å². The Morgan fingerprint density at radius 2 is 1.66 bits per heavy atom. The van der Waals surface area contributed by atoms with E-state index in [-0.39, 0.29) is 11.6 Å². The Hall–Kier alpha value is -2.41. The summed E-state index contributed by atoms with van der Waals surface area (Å²) < 4.78 is 5.48. The van der Waals surface area contributed by atoms with Gasteiger partial charge in [-0.1, -0.05) is 54.6 Å². The summed E-state index contributed by atoms with van der Waals surface area (Å²) in [6, 6.07) is 19.5. The monoisotopic (exact) mass is 437 g/mol. The van der Waals surface area contributed by atoms with E-state index < -0.39 is 0 Å². The number of nitrogens with one attached hydrogen (secondary N) is 3. The van der Waals surface area contributed by atoms with Gasteiger partial charge in [0.1, 0.15) is 0 Å². The van der Waals surface area contributed by atoms with E-state index in [9.17, 15) is 0 Å². The Labute approximate surface area is 193 Å². The van der Waals surface area contributed by atoms with E-state index in [4.69, 9.17) is 4.74 Å². The standard InChI is InChI=1S/C26H39N5O/c1-21(22-10-6-5-7-11-22)30-26(2,3)20-29-25(27-4)28-18-23-12-8-9-13-24(23)19-31-14-16-32-17-15-31/h5-13,21,30H,14-20H2,1-4H3,(H2,27,28,29). The molecule has 6 nitrogen and oxygen atoms in total. The third kappa shape index (κ3) is 7.62. The first-order valence-electron chi connectivity index (χ1n) is 11.6. The Morgan fingerprint density at radius 1 is 1.00 bits per heavy atom. The second-order valence-electron chi connectivity index (χ2n) is 9.10. The number of rotatable bonds is 9. The van der Waals surface area contributed by atoms with Gasteiger partial charge in [-0.2, -0.15) is 0 Å². The zero-order valence-corrected chi connectivity index (χ0v) is 20.0. The third-order valence-corrected chi connectivity index (χ3v) is 5.89. The van der Waals surface area contributed by atoms with Crippen LogP contribution in [0.25, 0.3) is 0 Å². The topological polar surface area (TPSA) is 60.9 Å². The van der Waals surface area contributed by atoms with Crippen LogP contribution < -0.4 is 16.0 Å². The summed E-state index contributed by atoms with van der Waals surface area (Å²) in [5, 5.41) is 10.7. The second kappa shape index (κ2) is 12.0. The molecule has 6 heteroatoms. The summed E-state index contributed by atoms with van der Waals surface area (Å²) >= 11 is 0. The van der Waals surface area contributed by atoms with Gasteiger partial charge >= 0.3 is 0 Å². The number of benzene rings is 2. The van der Waals surface area contributed by atoms with Gasteiger partial charge < -0.3 is 20.7 Å². The molecule has 2 aromatic carbocycles. The molecule has 1 saturated heterocycles. The summed E-state index contributed by atoms with van der Waals surface area (Å²) in [5.41, 5.74) is 3.86. The maximum absolute atomic E-state index is 5.48. The van der Waals surface area contributed by atoms with Crippen LogP contribution in [-0.4, -0.2) is 56.3 Å². The zero-order chi connectivity index (χ0) is 22.8. The molecule has 1 heterocycles. The SMILES string of the molecule is CN=C(NCc1ccccc1CN1CCOCC1)NCC(C)(C)NC(C)c1ccccc1. The van der Waals surface area contributed by atoms with Crippen LogP contribution in [0.3, 0.4) is 0 Å². The number of hydrogen-bond acceptors (Lipinski definition) is 4. The minimum Gasteiger partial charge on any atom is -0.379 e. The maximum Gasteiger partial charge on any atom is 0.191 e. The lowest BCUT2D eigenvalue weighted by atomic mass is 10.0. The summed E-state index contributed by atoms with van der Waals surface area (Å²) in [6.07, 6.45) is 0. The Morgan fingerprint density at radius 3 is 2.34 bits per heavy atom. The minimum absolute atomic E-state index is 0.0961. The van der Waals surface area contributed by atoms with Crippen molar-refractivity contribution < 1.29 is 4.74 Å². The van der Waals surface area contributed by atoms with Gasteiger partial charge in [-0.05, 0) is 37.5 Å². The number of aliphatic imine (C=N–C) groups is 1. The Kier molecular flexibility index (Phi) is 9.09. The van der Waals surface area contributed by atoms with Crippen LogP contribution in [0.4, 0.5) is 0 Å². The fourth-order valence-corrected chi connectivity index (χ4v) is 4.05. The molecule has 0 radical (unpaired) electrons. The predicted octanol–water partition coefficient (Wildman–Crippen LogP) is 3.31. The van der Waals surface area contributed by atoms with Crippen molar-refractivity contribution in [3.05, 3.63) is 71.3 Å². The van der Waals surface area contributed by atoms with Crippen molar-refractivity contribution in [2.75, 3.05) is 39.9 Å². The van der Waals surface area contributed by atoms with Crippen LogP contribution in [-0.2, 0) is 17.8 Å². The number of hydrogen-bond donors (Lipinski definition) is 3. The molecule has 0 aromatic heterocycles. The number of morpholine rings is 1. The van der Waals surface area contributed by atoms with Crippen LogP contribution in [0.5, 0.6) is 0 Å². The molecular weight excluding hydrogens is 398 g/mol. The molecule has 3 rings (SSSR count). The normalized spacial score (nSPS) is 16.6. The molecule has 1 unspecified atom stereocenters. The molecular formula is C26H39N5O. The Balaban J connectivity index is 1.50. The first kappa shape index (κ1) is 24.2. The highest BCUT2D eigenvalue weighted by molar-refractivity contribution is 5.79. The van der Waals surface area contributed by atoms with Crippen molar-refractivity contribution in [1.82, 2.24) is 20.9 Å². The summed E-state index contributed by atoms with van der Waals surface area (Å²) in [5.74, 6) is 0.813. The van der Waals surface area contributed by atoms with Gasteiger partial charge in [0.15, 0.2) is 5.96 Å². The van der Waals surface area contributed by atoms with Crippen molar-refractivity contribution >= 4 is 5.96 Å². The summed E-state index contributed by atoms with van der Waals surface area (Å²) in [6.45, 7) is 12.7. The zero-order valence-electron chi connectivity index (χ0n) is 20.0. The highest BCUT2D eigenvalue weighted by atomic mass is 16.5.